The largest absolute Gasteiger partial charge is 0.494 e. The summed E-state index contributed by atoms with van der Waals surface area (Å²) in [4.78, 5) is 10.9. The molecule has 0 bridgehead atoms. The number of benzene rings is 1. The Hall–Kier alpha value is -1.55. The third kappa shape index (κ3) is 6.25. The van der Waals surface area contributed by atoms with Crippen molar-refractivity contribution in [3.05, 3.63) is 29.8 Å². The summed E-state index contributed by atoms with van der Waals surface area (Å²) in [6.45, 7) is 2.59. The lowest BCUT2D eigenvalue weighted by molar-refractivity contribution is -0.140. The van der Waals surface area contributed by atoms with Gasteiger partial charge in [0.25, 0.3) is 0 Å². The smallest absolute Gasteiger partial charge is 0.305 e. The Bertz CT molecular complexity index is 393. The number of hydrogen-bond acceptors (Lipinski definition) is 4. The highest BCUT2D eigenvalue weighted by molar-refractivity contribution is 5.69. The molecule has 106 valence electrons. The predicted octanol–water partition coefficient (Wildman–Crippen LogP) is 2.30. The third-order valence-corrected chi connectivity index (χ3v) is 2.94. The van der Waals surface area contributed by atoms with E-state index in [1.807, 2.05) is 18.2 Å². The summed E-state index contributed by atoms with van der Waals surface area (Å²) in [7, 11) is 1.39. The molecule has 1 rings (SSSR count). The Morgan fingerprint density at radius 3 is 2.89 bits per heavy atom. The summed E-state index contributed by atoms with van der Waals surface area (Å²) in [5.74, 6) is 0.622. The van der Waals surface area contributed by atoms with Crippen molar-refractivity contribution >= 4 is 5.97 Å². The van der Waals surface area contributed by atoms with Crippen LogP contribution in [0.4, 0.5) is 0 Å². The second kappa shape index (κ2) is 8.53. The zero-order chi connectivity index (χ0) is 14.1. The van der Waals surface area contributed by atoms with Gasteiger partial charge < -0.3 is 15.2 Å². The molecular weight excluding hydrogens is 242 g/mol. The minimum Gasteiger partial charge on any atom is -0.494 e. The van der Waals surface area contributed by atoms with Crippen molar-refractivity contribution in [1.82, 2.24) is 0 Å². The van der Waals surface area contributed by atoms with E-state index in [4.69, 9.17) is 10.5 Å². The van der Waals surface area contributed by atoms with Gasteiger partial charge in [0.2, 0.25) is 0 Å². The summed E-state index contributed by atoms with van der Waals surface area (Å²) in [5, 5.41) is 0. The first kappa shape index (κ1) is 15.5. The van der Waals surface area contributed by atoms with Gasteiger partial charge in [0.1, 0.15) is 5.75 Å². The number of rotatable bonds is 8. The van der Waals surface area contributed by atoms with Crippen LogP contribution in [0.25, 0.3) is 0 Å². The normalized spacial score (nSPS) is 11.9. The monoisotopic (exact) mass is 265 g/mol. The number of carbonyl (C=O) groups is 1. The van der Waals surface area contributed by atoms with Crippen molar-refractivity contribution in [2.45, 2.75) is 38.6 Å². The van der Waals surface area contributed by atoms with Gasteiger partial charge in [0.05, 0.1) is 13.7 Å². The van der Waals surface area contributed by atoms with Crippen LogP contribution in [-0.4, -0.2) is 25.7 Å². The second-order valence-electron chi connectivity index (χ2n) is 4.55. The molecule has 19 heavy (non-hydrogen) atoms. The molecule has 0 radical (unpaired) electrons. The summed E-state index contributed by atoms with van der Waals surface area (Å²) in [6.07, 6.45) is 2.86. The lowest BCUT2D eigenvalue weighted by Gasteiger charge is -2.11. The fraction of sp³-hybridized carbons (Fsp3) is 0.533. The highest BCUT2D eigenvalue weighted by Crippen LogP contribution is 2.15. The molecule has 1 aromatic rings. The molecule has 0 spiro atoms. The van der Waals surface area contributed by atoms with Crippen molar-refractivity contribution in [3.63, 3.8) is 0 Å². The molecule has 0 saturated heterocycles. The fourth-order valence-corrected chi connectivity index (χ4v) is 1.72. The average molecular weight is 265 g/mol. The van der Waals surface area contributed by atoms with E-state index in [0.29, 0.717) is 19.4 Å². The molecule has 1 unspecified atom stereocenters. The first-order valence-electron chi connectivity index (χ1n) is 6.69. The van der Waals surface area contributed by atoms with E-state index in [1.165, 1.54) is 12.7 Å². The molecule has 0 aliphatic carbocycles. The minimum atomic E-state index is -0.203. The molecule has 0 fully saturated rings. The minimum absolute atomic E-state index is 0.189. The Kier molecular flexibility index (Phi) is 6.97. The van der Waals surface area contributed by atoms with Crippen LogP contribution in [0.5, 0.6) is 5.75 Å². The Labute approximate surface area is 114 Å². The molecule has 4 heteroatoms. The van der Waals surface area contributed by atoms with Crippen LogP contribution >= 0.6 is 0 Å². The van der Waals surface area contributed by atoms with Gasteiger partial charge in [0, 0.05) is 12.5 Å². The zero-order valence-corrected chi connectivity index (χ0v) is 11.7. The summed E-state index contributed by atoms with van der Waals surface area (Å²) in [6, 6.07) is 8.13. The quantitative estimate of drug-likeness (QED) is 0.578. The lowest BCUT2D eigenvalue weighted by Crippen LogP contribution is -2.21. The lowest BCUT2D eigenvalue weighted by atomic mass is 10.0. The topological polar surface area (TPSA) is 61.5 Å². The van der Waals surface area contributed by atoms with Crippen LogP contribution in [0.15, 0.2) is 24.3 Å². The number of hydrogen-bond donors (Lipinski definition) is 1. The average Bonchev–Trinajstić information content (AvgIpc) is 2.43. The zero-order valence-electron chi connectivity index (χ0n) is 11.7. The molecule has 0 aliphatic heterocycles. The summed E-state index contributed by atoms with van der Waals surface area (Å²) < 4.78 is 10.2. The van der Waals surface area contributed by atoms with Crippen LogP contribution in [0.2, 0.25) is 0 Å². The SMILES string of the molecule is CCC(N)Cc1cccc(OCCCC(=O)OC)c1. The van der Waals surface area contributed by atoms with E-state index in [9.17, 15) is 4.79 Å². The molecule has 0 aliphatic rings. The summed E-state index contributed by atoms with van der Waals surface area (Å²) >= 11 is 0. The van der Waals surface area contributed by atoms with E-state index >= 15 is 0 Å². The standard InChI is InChI=1S/C15H23NO3/c1-3-13(16)10-12-6-4-7-14(11-12)19-9-5-8-15(17)18-2/h4,6-7,11,13H,3,5,8-10,16H2,1-2H3. The maximum absolute atomic E-state index is 10.9. The Morgan fingerprint density at radius 2 is 2.21 bits per heavy atom. The molecule has 0 saturated carbocycles. The van der Waals surface area contributed by atoms with Crippen LogP contribution in [0, 0.1) is 0 Å². The molecule has 2 N–H and O–H groups in total. The van der Waals surface area contributed by atoms with Gasteiger partial charge in [-0.3, -0.25) is 4.79 Å². The molecule has 1 atom stereocenters. The predicted molar refractivity (Wildman–Crippen MR) is 75.2 cm³/mol. The van der Waals surface area contributed by atoms with Crippen molar-refractivity contribution in [2.75, 3.05) is 13.7 Å². The highest BCUT2D eigenvalue weighted by Gasteiger charge is 2.04. The van der Waals surface area contributed by atoms with Crippen molar-refractivity contribution in [3.8, 4) is 5.75 Å². The van der Waals surface area contributed by atoms with Gasteiger partial charge in [-0.25, -0.2) is 0 Å². The Morgan fingerprint density at radius 1 is 1.42 bits per heavy atom. The Balaban J connectivity index is 2.37. The molecule has 0 heterocycles. The van der Waals surface area contributed by atoms with Gasteiger partial charge in [-0.15, -0.1) is 0 Å². The molecule has 1 aromatic carbocycles. The van der Waals surface area contributed by atoms with E-state index in [0.717, 1.165) is 18.6 Å². The first-order valence-corrected chi connectivity index (χ1v) is 6.69. The van der Waals surface area contributed by atoms with Crippen LogP contribution in [0.3, 0.4) is 0 Å². The number of nitrogens with two attached hydrogens (primary N) is 1. The number of esters is 1. The van der Waals surface area contributed by atoms with Gasteiger partial charge >= 0.3 is 5.97 Å². The van der Waals surface area contributed by atoms with Gasteiger partial charge in [-0.2, -0.15) is 0 Å². The maximum Gasteiger partial charge on any atom is 0.305 e. The van der Waals surface area contributed by atoms with Crippen LogP contribution < -0.4 is 10.5 Å². The van der Waals surface area contributed by atoms with E-state index in [2.05, 4.69) is 17.7 Å². The number of methoxy groups -OCH3 is 1. The number of ether oxygens (including phenoxy) is 2. The molecule has 0 aromatic heterocycles. The summed E-state index contributed by atoms with van der Waals surface area (Å²) in [5.41, 5.74) is 7.11. The van der Waals surface area contributed by atoms with Crippen molar-refractivity contribution < 1.29 is 14.3 Å². The fourth-order valence-electron chi connectivity index (χ4n) is 1.72. The van der Waals surface area contributed by atoms with E-state index in [1.54, 1.807) is 0 Å². The van der Waals surface area contributed by atoms with Gasteiger partial charge in [0.15, 0.2) is 0 Å². The van der Waals surface area contributed by atoms with Crippen molar-refractivity contribution in [1.29, 1.82) is 0 Å². The maximum atomic E-state index is 10.9. The van der Waals surface area contributed by atoms with E-state index < -0.39 is 0 Å². The molecule has 4 nitrogen and oxygen atoms in total. The van der Waals surface area contributed by atoms with Crippen LogP contribution in [0.1, 0.15) is 31.7 Å². The highest BCUT2D eigenvalue weighted by atomic mass is 16.5. The third-order valence-electron chi connectivity index (χ3n) is 2.94. The molecule has 0 amide bonds. The van der Waals surface area contributed by atoms with Gasteiger partial charge in [-0.05, 0) is 37.0 Å². The van der Waals surface area contributed by atoms with Gasteiger partial charge in [-0.1, -0.05) is 19.1 Å². The second-order valence-corrected chi connectivity index (χ2v) is 4.55. The number of carbonyl (C=O) groups excluding carboxylic acids is 1. The molecular formula is C15H23NO3. The van der Waals surface area contributed by atoms with Crippen LogP contribution in [-0.2, 0) is 16.0 Å². The van der Waals surface area contributed by atoms with E-state index in [-0.39, 0.29) is 12.0 Å². The first-order chi connectivity index (χ1) is 9.15. The van der Waals surface area contributed by atoms with Crippen molar-refractivity contribution in [2.24, 2.45) is 5.73 Å².